The predicted molar refractivity (Wildman–Crippen MR) is 39.4 cm³/mol. The van der Waals surface area contributed by atoms with Crippen LogP contribution in [0, 0.1) is 5.92 Å². The fraction of sp³-hybridized carbons (Fsp3) is 0.333. The second-order valence-corrected chi connectivity index (χ2v) is 2.28. The normalized spacial score (nSPS) is 26.6. The largest absolute Gasteiger partial charge is 0.268 e. The van der Waals surface area contributed by atoms with Crippen molar-refractivity contribution >= 4 is 23.3 Å². The Morgan fingerprint density at radius 3 is 2.88 bits per heavy atom. The Labute approximate surface area is 54.1 Å². The van der Waals surface area contributed by atoms with Gasteiger partial charge in [-0.15, -0.1) is 0 Å². The Kier molecular flexibility index (Phi) is 1.53. The van der Waals surface area contributed by atoms with Gasteiger partial charge < -0.3 is 0 Å². The van der Waals surface area contributed by atoms with Gasteiger partial charge in [0.25, 0.3) is 0 Å². The lowest BCUT2D eigenvalue weighted by Gasteiger charge is -2.04. The van der Waals surface area contributed by atoms with Crippen molar-refractivity contribution in [3.8, 4) is 0 Å². The zero-order valence-corrected chi connectivity index (χ0v) is 5.48. The van der Waals surface area contributed by atoms with Crippen LogP contribution in [0.1, 0.15) is 6.92 Å². The molecule has 1 unspecified atom stereocenters. The minimum atomic E-state index is 0.356. The third-order valence-electron chi connectivity index (χ3n) is 1.08. The van der Waals surface area contributed by atoms with E-state index in [4.69, 9.17) is 12.2 Å². The van der Waals surface area contributed by atoms with Crippen LogP contribution in [0.2, 0.25) is 0 Å². The zero-order valence-electron chi connectivity index (χ0n) is 4.66. The van der Waals surface area contributed by atoms with Crippen molar-refractivity contribution in [3.05, 3.63) is 12.3 Å². The van der Waals surface area contributed by atoms with Crippen LogP contribution in [0.4, 0.5) is 0 Å². The second-order valence-electron chi connectivity index (χ2n) is 1.80. The lowest BCUT2D eigenvalue weighted by atomic mass is 10.1. The monoisotopic (exact) mass is 125 g/mol. The minimum Gasteiger partial charge on any atom is -0.268 e. The first-order valence-electron chi connectivity index (χ1n) is 2.54. The van der Waals surface area contributed by atoms with Crippen LogP contribution in [-0.2, 0) is 0 Å². The summed E-state index contributed by atoms with van der Waals surface area (Å²) in [6.07, 6.45) is 5.44. The average Bonchev–Trinajstić information content (AvgIpc) is 1.77. The van der Waals surface area contributed by atoms with Crippen molar-refractivity contribution in [2.24, 2.45) is 10.9 Å². The number of allylic oxidation sites excluding steroid dienone is 1. The smallest absolute Gasteiger partial charge is 0.0275 e. The summed E-state index contributed by atoms with van der Waals surface area (Å²) in [5, 5.41) is 0. The highest BCUT2D eigenvalue weighted by Gasteiger charge is 2.03. The van der Waals surface area contributed by atoms with E-state index in [0.717, 1.165) is 4.86 Å². The Hall–Kier alpha value is -0.500. The number of hydrogen-bond donors (Lipinski definition) is 0. The lowest BCUT2D eigenvalue weighted by molar-refractivity contribution is 1.10. The van der Waals surface area contributed by atoms with Gasteiger partial charge in [0.05, 0.1) is 0 Å². The summed E-state index contributed by atoms with van der Waals surface area (Å²) in [6, 6.07) is 0. The zero-order chi connectivity index (χ0) is 5.98. The maximum atomic E-state index is 4.95. The molecule has 0 amide bonds. The molecular formula is C6H7NS. The Bertz CT molecular complexity index is 158. The van der Waals surface area contributed by atoms with Gasteiger partial charge in [-0.25, -0.2) is 0 Å². The molecule has 1 aliphatic heterocycles. The van der Waals surface area contributed by atoms with E-state index in [2.05, 4.69) is 4.99 Å². The van der Waals surface area contributed by atoms with Gasteiger partial charge >= 0.3 is 0 Å². The van der Waals surface area contributed by atoms with E-state index in [0.29, 0.717) is 5.92 Å². The number of nitrogens with zero attached hydrogens (tertiary/aromatic N) is 1. The van der Waals surface area contributed by atoms with Gasteiger partial charge in [0.15, 0.2) is 0 Å². The van der Waals surface area contributed by atoms with E-state index in [1.54, 1.807) is 6.20 Å². The molecule has 0 aromatic heterocycles. The van der Waals surface area contributed by atoms with Gasteiger partial charge in [0.2, 0.25) is 0 Å². The van der Waals surface area contributed by atoms with Crippen LogP contribution in [0.5, 0.6) is 0 Å². The summed E-state index contributed by atoms with van der Waals surface area (Å²) in [7, 11) is 0. The first-order valence-corrected chi connectivity index (χ1v) is 2.95. The molecule has 0 fully saturated rings. The van der Waals surface area contributed by atoms with Gasteiger partial charge in [-0.3, -0.25) is 4.99 Å². The van der Waals surface area contributed by atoms with Crippen LogP contribution >= 0.6 is 12.2 Å². The van der Waals surface area contributed by atoms with Crippen LogP contribution < -0.4 is 0 Å². The van der Waals surface area contributed by atoms with E-state index in [9.17, 15) is 0 Å². The Morgan fingerprint density at radius 1 is 1.75 bits per heavy atom. The number of rotatable bonds is 0. The molecule has 1 heterocycles. The molecule has 0 saturated carbocycles. The molecule has 0 radical (unpaired) electrons. The van der Waals surface area contributed by atoms with Crippen LogP contribution in [-0.4, -0.2) is 11.1 Å². The van der Waals surface area contributed by atoms with E-state index in [1.807, 2.05) is 19.2 Å². The van der Waals surface area contributed by atoms with Gasteiger partial charge in [-0.1, -0.05) is 19.1 Å². The maximum absolute atomic E-state index is 4.95. The molecule has 0 N–H and O–H groups in total. The van der Waals surface area contributed by atoms with Gasteiger partial charge in [-0.05, 0) is 6.08 Å². The van der Waals surface area contributed by atoms with E-state index in [-0.39, 0.29) is 0 Å². The Balaban J connectivity index is 2.74. The van der Waals surface area contributed by atoms with Crippen LogP contribution in [0.15, 0.2) is 17.3 Å². The summed E-state index contributed by atoms with van der Waals surface area (Å²) >= 11 is 4.95. The fourth-order valence-electron chi connectivity index (χ4n) is 0.521. The highest BCUT2D eigenvalue weighted by Crippen LogP contribution is 2.01. The van der Waals surface area contributed by atoms with Crippen molar-refractivity contribution in [1.29, 1.82) is 0 Å². The number of thiocarbonyl (C=S) groups is 1. The summed E-state index contributed by atoms with van der Waals surface area (Å²) in [5.41, 5.74) is 0. The van der Waals surface area contributed by atoms with Gasteiger partial charge in [0, 0.05) is 23.2 Å². The van der Waals surface area contributed by atoms with Gasteiger partial charge in [-0.2, -0.15) is 0 Å². The molecule has 8 heavy (non-hydrogen) atoms. The molecular weight excluding hydrogens is 118 g/mol. The topological polar surface area (TPSA) is 12.4 Å². The molecule has 0 bridgehead atoms. The highest BCUT2D eigenvalue weighted by atomic mass is 32.1. The van der Waals surface area contributed by atoms with Crippen molar-refractivity contribution in [1.82, 2.24) is 0 Å². The molecule has 0 aromatic carbocycles. The summed E-state index contributed by atoms with van der Waals surface area (Å²) in [4.78, 5) is 4.89. The molecule has 0 saturated heterocycles. The SMILES string of the molecule is CC1C=NC=CC1=S. The molecule has 1 aliphatic rings. The lowest BCUT2D eigenvalue weighted by Crippen LogP contribution is -2.08. The molecule has 0 aromatic rings. The van der Waals surface area contributed by atoms with Crippen molar-refractivity contribution in [2.45, 2.75) is 6.92 Å². The third-order valence-corrected chi connectivity index (χ3v) is 1.59. The predicted octanol–water partition coefficient (Wildman–Crippen LogP) is 1.59. The number of hydrogen-bond acceptors (Lipinski definition) is 2. The summed E-state index contributed by atoms with van der Waals surface area (Å²) in [5.74, 6) is 0.356. The quantitative estimate of drug-likeness (QED) is 0.448. The van der Waals surface area contributed by atoms with Crippen molar-refractivity contribution in [3.63, 3.8) is 0 Å². The van der Waals surface area contributed by atoms with E-state index in [1.165, 1.54) is 0 Å². The molecule has 0 spiro atoms. The minimum absolute atomic E-state index is 0.356. The first-order chi connectivity index (χ1) is 3.80. The third kappa shape index (κ3) is 1.01. The number of aliphatic imine (C=N–C) groups is 1. The summed E-state index contributed by atoms with van der Waals surface area (Å²) < 4.78 is 0. The van der Waals surface area contributed by atoms with Crippen LogP contribution in [0.25, 0.3) is 0 Å². The highest BCUT2D eigenvalue weighted by molar-refractivity contribution is 7.80. The molecule has 0 aliphatic carbocycles. The van der Waals surface area contributed by atoms with E-state index >= 15 is 0 Å². The average molecular weight is 125 g/mol. The second kappa shape index (κ2) is 2.18. The summed E-state index contributed by atoms with van der Waals surface area (Å²) in [6.45, 7) is 2.04. The fourth-order valence-corrected chi connectivity index (χ4v) is 0.642. The van der Waals surface area contributed by atoms with E-state index < -0.39 is 0 Å². The molecule has 1 nitrogen and oxygen atoms in total. The molecule has 42 valence electrons. The molecule has 1 atom stereocenters. The van der Waals surface area contributed by atoms with Crippen molar-refractivity contribution < 1.29 is 0 Å². The maximum Gasteiger partial charge on any atom is 0.0275 e. The van der Waals surface area contributed by atoms with Crippen LogP contribution in [0.3, 0.4) is 0 Å². The van der Waals surface area contributed by atoms with Gasteiger partial charge in [0.1, 0.15) is 0 Å². The first kappa shape index (κ1) is 5.63. The molecule has 1 rings (SSSR count). The molecule has 2 heteroatoms. The van der Waals surface area contributed by atoms with Crippen molar-refractivity contribution in [2.75, 3.05) is 0 Å². The Morgan fingerprint density at radius 2 is 2.50 bits per heavy atom. The standard InChI is InChI=1S/C6H7NS/c1-5-4-7-3-2-6(5)8/h2-5H,1H3.